The maximum absolute atomic E-state index is 13.0. The van der Waals surface area contributed by atoms with E-state index in [-0.39, 0.29) is 18.5 Å². The van der Waals surface area contributed by atoms with Gasteiger partial charge in [0.1, 0.15) is 24.4 Å². The highest BCUT2D eigenvalue weighted by Gasteiger charge is 2.44. The lowest BCUT2D eigenvalue weighted by Crippen LogP contribution is -2.60. The maximum Gasteiger partial charge on any atom is 0.305 e. The number of ether oxygens (including phenoxy) is 3. The van der Waals surface area contributed by atoms with Crippen molar-refractivity contribution in [3.05, 3.63) is 12.2 Å². The summed E-state index contributed by atoms with van der Waals surface area (Å²) >= 11 is 0. The molecule has 468 valence electrons. The molecule has 1 aliphatic heterocycles. The monoisotopic (exact) mass is 1120 g/mol. The van der Waals surface area contributed by atoms with E-state index in [9.17, 15) is 35.1 Å². The zero-order chi connectivity index (χ0) is 57.3. The standard InChI is InChI=1S/C68H131NO10/c1-3-5-7-9-11-13-14-36-40-44-48-52-56-64(73)77-57-53-49-45-41-37-34-32-30-28-26-24-22-20-18-16-15-17-19-21-23-25-27-29-31-33-35-39-43-47-51-55-63(72)69-60(61(71)54-50-46-42-38-12-10-8-6-4-2)59-78-68-67(76)66(75)65(74)62(58-70)79-68/h50,54,60-62,65-68,70-71,74-76H,3-49,51-53,55-59H2,1-2H3,(H,69,72)/b54-50+. The molecule has 1 fully saturated rings. The molecule has 6 N–H and O–H groups in total. The molecule has 0 saturated carbocycles. The van der Waals surface area contributed by atoms with E-state index in [0.29, 0.717) is 19.4 Å². The first kappa shape index (κ1) is 75.4. The fourth-order valence-corrected chi connectivity index (χ4v) is 11.2. The summed E-state index contributed by atoms with van der Waals surface area (Å²) in [5.41, 5.74) is 0. The molecular formula is C68H131NO10. The van der Waals surface area contributed by atoms with Crippen LogP contribution in [-0.4, -0.2) is 100 Å². The van der Waals surface area contributed by atoms with Gasteiger partial charge in [-0.1, -0.05) is 315 Å². The molecule has 11 nitrogen and oxygen atoms in total. The van der Waals surface area contributed by atoms with Gasteiger partial charge in [0, 0.05) is 12.8 Å². The Morgan fingerprint density at radius 2 is 0.797 bits per heavy atom. The quantitative estimate of drug-likeness (QED) is 0.0195. The van der Waals surface area contributed by atoms with Crippen LogP contribution in [0.1, 0.15) is 348 Å². The highest BCUT2D eigenvalue weighted by molar-refractivity contribution is 5.76. The van der Waals surface area contributed by atoms with E-state index in [1.54, 1.807) is 6.08 Å². The number of esters is 1. The van der Waals surface area contributed by atoms with Crippen LogP contribution in [-0.2, 0) is 23.8 Å². The van der Waals surface area contributed by atoms with Crippen molar-refractivity contribution in [1.29, 1.82) is 0 Å². The predicted octanol–water partition coefficient (Wildman–Crippen LogP) is 17.1. The minimum atomic E-state index is -1.57. The number of amides is 1. The van der Waals surface area contributed by atoms with Gasteiger partial charge in [-0.15, -0.1) is 0 Å². The largest absolute Gasteiger partial charge is 0.466 e. The number of rotatable bonds is 61. The first-order valence-corrected chi connectivity index (χ1v) is 34.5. The molecule has 7 atom stereocenters. The molecule has 0 aliphatic carbocycles. The third-order valence-corrected chi connectivity index (χ3v) is 16.7. The number of carbonyl (C=O) groups excluding carboxylic acids is 2. The Kier molecular flexibility index (Phi) is 55.5. The summed E-state index contributed by atoms with van der Waals surface area (Å²) in [5.74, 6) is -0.165. The second-order valence-electron chi connectivity index (χ2n) is 24.2. The molecule has 1 saturated heterocycles. The molecule has 1 aliphatic rings. The molecule has 0 aromatic rings. The van der Waals surface area contributed by atoms with E-state index in [4.69, 9.17) is 14.2 Å². The molecule has 0 aromatic carbocycles. The van der Waals surface area contributed by atoms with E-state index in [2.05, 4.69) is 19.2 Å². The number of allylic oxidation sites excluding steroid dienone is 1. The van der Waals surface area contributed by atoms with Gasteiger partial charge in [-0.05, 0) is 32.1 Å². The van der Waals surface area contributed by atoms with Crippen molar-refractivity contribution in [1.82, 2.24) is 5.32 Å². The predicted molar refractivity (Wildman–Crippen MR) is 329 cm³/mol. The number of carbonyl (C=O) groups is 2. The van der Waals surface area contributed by atoms with Crippen LogP contribution in [0, 0.1) is 0 Å². The Labute approximate surface area is 487 Å². The van der Waals surface area contributed by atoms with E-state index in [1.165, 1.54) is 270 Å². The van der Waals surface area contributed by atoms with Gasteiger partial charge in [-0.2, -0.15) is 0 Å². The molecule has 1 amide bonds. The first-order valence-electron chi connectivity index (χ1n) is 34.5. The van der Waals surface area contributed by atoms with Gasteiger partial charge < -0.3 is 45.1 Å². The molecule has 7 unspecified atom stereocenters. The van der Waals surface area contributed by atoms with Crippen molar-refractivity contribution < 1.29 is 49.3 Å². The topological polar surface area (TPSA) is 175 Å². The number of aliphatic hydroxyl groups is 5. The summed E-state index contributed by atoms with van der Waals surface area (Å²) in [6, 6.07) is -0.804. The molecule has 11 heteroatoms. The van der Waals surface area contributed by atoms with Gasteiger partial charge in [0.05, 0.1) is 32.0 Å². The molecule has 0 bridgehead atoms. The fourth-order valence-electron chi connectivity index (χ4n) is 11.2. The third-order valence-electron chi connectivity index (χ3n) is 16.7. The normalized spacial score (nSPS) is 18.4. The van der Waals surface area contributed by atoms with Gasteiger partial charge in [0.25, 0.3) is 0 Å². The average molecular weight is 1120 g/mol. The van der Waals surface area contributed by atoms with Crippen LogP contribution in [0.2, 0.25) is 0 Å². The molecule has 0 aromatic heterocycles. The molecule has 0 spiro atoms. The maximum atomic E-state index is 13.0. The summed E-state index contributed by atoms with van der Waals surface area (Å²) < 4.78 is 16.7. The Bertz CT molecular complexity index is 1320. The zero-order valence-electron chi connectivity index (χ0n) is 51.9. The molecule has 79 heavy (non-hydrogen) atoms. The number of aliphatic hydroxyl groups excluding tert-OH is 5. The summed E-state index contributed by atoms with van der Waals surface area (Å²) in [7, 11) is 0. The highest BCUT2D eigenvalue weighted by atomic mass is 16.7. The molecule has 0 radical (unpaired) electrons. The van der Waals surface area contributed by atoms with Gasteiger partial charge in [0.15, 0.2) is 6.29 Å². The number of hydrogen-bond acceptors (Lipinski definition) is 10. The Morgan fingerprint density at radius 3 is 1.18 bits per heavy atom. The smallest absolute Gasteiger partial charge is 0.305 e. The van der Waals surface area contributed by atoms with Crippen LogP contribution in [0.3, 0.4) is 0 Å². The van der Waals surface area contributed by atoms with Crippen molar-refractivity contribution >= 4 is 11.9 Å². The van der Waals surface area contributed by atoms with Crippen LogP contribution in [0.4, 0.5) is 0 Å². The second-order valence-corrected chi connectivity index (χ2v) is 24.2. The Hall–Kier alpha value is -1.60. The SMILES string of the molecule is CCCCCCCCC/C=C/C(O)C(COC1OC(CO)C(O)C(O)C1O)NC(=O)CCCCCCCCCCCCCCCCCCCCCCCCCCCCCCCCOC(=O)CCCCCCCCCCCCCC. The summed E-state index contributed by atoms with van der Waals surface area (Å²) in [5, 5.41) is 54.3. The first-order chi connectivity index (χ1) is 38.7. The molecular weight excluding hydrogens is 991 g/mol. The number of unbranched alkanes of at least 4 members (excludes halogenated alkanes) is 47. The van der Waals surface area contributed by atoms with E-state index in [1.807, 2.05) is 6.08 Å². The zero-order valence-corrected chi connectivity index (χ0v) is 51.9. The van der Waals surface area contributed by atoms with Gasteiger partial charge in [0.2, 0.25) is 5.91 Å². The van der Waals surface area contributed by atoms with Crippen molar-refractivity contribution in [3.8, 4) is 0 Å². The van der Waals surface area contributed by atoms with Crippen molar-refractivity contribution in [3.63, 3.8) is 0 Å². The number of nitrogens with one attached hydrogen (secondary N) is 1. The van der Waals surface area contributed by atoms with Crippen molar-refractivity contribution in [2.45, 2.75) is 391 Å². The van der Waals surface area contributed by atoms with Crippen LogP contribution in [0.5, 0.6) is 0 Å². The van der Waals surface area contributed by atoms with E-state index in [0.717, 1.165) is 51.4 Å². The average Bonchev–Trinajstić information content (AvgIpc) is 3.46. The lowest BCUT2D eigenvalue weighted by molar-refractivity contribution is -0.302. The third kappa shape index (κ3) is 47.5. The van der Waals surface area contributed by atoms with Crippen molar-refractivity contribution in [2.24, 2.45) is 0 Å². The van der Waals surface area contributed by atoms with Gasteiger partial charge >= 0.3 is 5.97 Å². The van der Waals surface area contributed by atoms with Crippen molar-refractivity contribution in [2.75, 3.05) is 19.8 Å². The minimum absolute atomic E-state index is 0.0131. The fraction of sp³-hybridized carbons (Fsp3) is 0.941. The molecule has 1 heterocycles. The van der Waals surface area contributed by atoms with Crippen LogP contribution >= 0.6 is 0 Å². The van der Waals surface area contributed by atoms with Gasteiger partial charge in [-0.3, -0.25) is 9.59 Å². The van der Waals surface area contributed by atoms with E-state index < -0.39 is 49.5 Å². The molecule has 1 rings (SSSR count). The van der Waals surface area contributed by atoms with E-state index >= 15 is 0 Å². The van der Waals surface area contributed by atoms with Crippen LogP contribution in [0.25, 0.3) is 0 Å². The summed E-state index contributed by atoms with van der Waals surface area (Å²) in [4.78, 5) is 25.0. The Morgan fingerprint density at radius 1 is 0.456 bits per heavy atom. The highest BCUT2D eigenvalue weighted by Crippen LogP contribution is 2.23. The van der Waals surface area contributed by atoms with Crippen LogP contribution in [0.15, 0.2) is 12.2 Å². The van der Waals surface area contributed by atoms with Crippen LogP contribution < -0.4 is 5.32 Å². The summed E-state index contributed by atoms with van der Waals surface area (Å²) in [6.07, 6.45) is 60.8. The second kappa shape index (κ2) is 58.2. The summed E-state index contributed by atoms with van der Waals surface area (Å²) in [6.45, 7) is 4.35. The van der Waals surface area contributed by atoms with Gasteiger partial charge in [-0.25, -0.2) is 0 Å². The lowest BCUT2D eigenvalue weighted by atomic mass is 9.99. The minimum Gasteiger partial charge on any atom is -0.466 e. The number of hydrogen-bond donors (Lipinski definition) is 6. The Balaban J connectivity index is 1.91. The lowest BCUT2D eigenvalue weighted by Gasteiger charge is -2.40.